The van der Waals surface area contributed by atoms with E-state index in [1.165, 1.54) is 0 Å². The first-order valence-corrected chi connectivity index (χ1v) is 3.60. The van der Waals surface area contributed by atoms with Crippen molar-refractivity contribution in [2.45, 2.75) is 25.1 Å². The highest BCUT2D eigenvalue weighted by atomic mass is 16.6. The highest BCUT2D eigenvalue weighted by Crippen LogP contribution is 2.00. The molecule has 0 aromatic rings. The van der Waals surface area contributed by atoms with E-state index in [9.17, 15) is 0 Å². The summed E-state index contributed by atoms with van der Waals surface area (Å²) in [5, 5.41) is 0. The van der Waals surface area contributed by atoms with Crippen LogP contribution in [0.2, 0.25) is 0 Å². The first-order valence-electron chi connectivity index (χ1n) is 3.60. The standard InChI is InChI=1S/C7H17N2O2/c1-4-6(9-11-3)5-7(8)10-2/h6-7,9H,1,4-5,8H2,2-3H3. The number of hydrogen-bond acceptors (Lipinski definition) is 4. The lowest BCUT2D eigenvalue weighted by atomic mass is 10.1. The summed E-state index contributed by atoms with van der Waals surface area (Å²) in [5.74, 6) is 0. The molecule has 11 heavy (non-hydrogen) atoms. The fraction of sp³-hybridized carbons (Fsp3) is 0.857. The molecule has 0 rings (SSSR count). The van der Waals surface area contributed by atoms with Gasteiger partial charge in [-0.25, -0.2) is 0 Å². The Labute approximate surface area is 68.0 Å². The van der Waals surface area contributed by atoms with E-state index in [4.69, 9.17) is 15.3 Å². The maximum absolute atomic E-state index is 5.53. The van der Waals surface area contributed by atoms with Crippen LogP contribution in [-0.4, -0.2) is 26.5 Å². The quantitative estimate of drug-likeness (QED) is 0.427. The van der Waals surface area contributed by atoms with Crippen LogP contribution >= 0.6 is 0 Å². The van der Waals surface area contributed by atoms with Crippen LogP contribution in [0.4, 0.5) is 0 Å². The highest BCUT2D eigenvalue weighted by molar-refractivity contribution is 4.66. The van der Waals surface area contributed by atoms with Gasteiger partial charge in [0, 0.05) is 19.6 Å². The molecule has 0 aliphatic heterocycles. The van der Waals surface area contributed by atoms with Crippen molar-refractivity contribution in [2.75, 3.05) is 14.2 Å². The van der Waals surface area contributed by atoms with Gasteiger partial charge in [-0.3, -0.25) is 0 Å². The third-order valence-electron chi connectivity index (χ3n) is 1.45. The van der Waals surface area contributed by atoms with E-state index < -0.39 is 0 Å². The minimum atomic E-state index is -0.246. The normalized spacial score (nSPS) is 16.4. The lowest BCUT2D eigenvalue weighted by Crippen LogP contribution is -2.35. The minimum absolute atomic E-state index is 0.162. The van der Waals surface area contributed by atoms with Gasteiger partial charge in [0.15, 0.2) is 0 Å². The second-order valence-corrected chi connectivity index (χ2v) is 2.32. The molecular formula is C7H17N2O2. The maximum Gasteiger partial charge on any atom is 0.106 e. The van der Waals surface area contributed by atoms with Crippen molar-refractivity contribution in [3.05, 3.63) is 6.92 Å². The Balaban J connectivity index is 3.49. The average Bonchev–Trinajstić information content (AvgIpc) is 2.03. The van der Waals surface area contributed by atoms with Gasteiger partial charge in [-0.1, -0.05) is 6.92 Å². The highest BCUT2D eigenvalue weighted by Gasteiger charge is 2.09. The third-order valence-corrected chi connectivity index (χ3v) is 1.45. The summed E-state index contributed by atoms with van der Waals surface area (Å²) in [7, 11) is 3.15. The molecule has 67 valence electrons. The van der Waals surface area contributed by atoms with E-state index in [1.807, 2.05) is 0 Å². The molecule has 4 nitrogen and oxygen atoms in total. The fourth-order valence-corrected chi connectivity index (χ4v) is 0.768. The topological polar surface area (TPSA) is 56.5 Å². The summed E-state index contributed by atoms with van der Waals surface area (Å²) in [6, 6.07) is 0.162. The third kappa shape index (κ3) is 5.15. The molecule has 0 amide bonds. The molecule has 2 unspecified atom stereocenters. The van der Waals surface area contributed by atoms with E-state index in [1.54, 1.807) is 14.2 Å². The Bertz CT molecular complexity index is 90.5. The van der Waals surface area contributed by atoms with E-state index in [0.717, 1.165) is 6.42 Å². The second kappa shape index (κ2) is 6.54. The molecule has 0 aliphatic rings. The monoisotopic (exact) mass is 161 g/mol. The van der Waals surface area contributed by atoms with Gasteiger partial charge in [-0.15, -0.1) is 0 Å². The van der Waals surface area contributed by atoms with Crippen molar-refractivity contribution < 1.29 is 9.57 Å². The van der Waals surface area contributed by atoms with Gasteiger partial charge in [-0.05, 0) is 6.42 Å². The number of nitrogens with two attached hydrogens (primary N) is 1. The van der Waals surface area contributed by atoms with E-state index in [2.05, 4.69) is 12.4 Å². The zero-order chi connectivity index (χ0) is 8.69. The second-order valence-electron chi connectivity index (χ2n) is 2.32. The van der Waals surface area contributed by atoms with Crippen LogP contribution in [0.5, 0.6) is 0 Å². The zero-order valence-corrected chi connectivity index (χ0v) is 7.17. The molecule has 0 aromatic heterocycles. The fourth-order valence-electron chi connectivity index (χ4n) is 0.768. The Morgan fingerprint density at radius 1 is 1.55 bits per heavy atom. The van der Waals surface area contributed by atoms with Gasteiger partial charge < -0.3 is 15.3 Å². The number of nitrogens with one attached hydrogen (secondary N) is 1. The van der Waals surface area contributed by atoms with Gasteiger partial charge in [0.1, 0.15) is 6.23 Å². The molecule has 0 fully saturated rings. The van der Waals surface area contributed by atoms with Crippen LogP contribution in [0.3, 0.4) is 0 Å². The van der Waals surface area contributed by atoms with Crippen LogP contribution in [0.15, 0.2) is 0 Å². The SMILES string of the molecule is [CH2]CC(CC(N)OC)NOC. The first kappa shape index (κ1) is 10.8. The van der Waals surface area contributed by atoms with Gasteiger partial charge in [0.25, 0.3) is 0 Å². The van der Waals surface area contributed by atoms with E-state index in [-0.39, 0.29) is 12.3 Å². The van der Waals surface area contributed by atoms with Crippen LogP contribution in [-0.2, 0) is 9.57 Å². The predicted octanol–water partition coefficient (Wildman–Crippen LogP) is 0.0515. The van der Waals surface area contributed by atoms with Crippen molar-refractivity contribution in [3.63, 3.8) is 0 Å². The lowest BCUT2D eigenvalue weighted by molar-refractivity contribution is 0.0283. The molecule has 1 radical (unpaired) electrons. The number of hydrogen-bond donors (Lipinski definition) is 2. The maximum atomic E-state index is 5.53. The lowest BCUT2D eigenvalue weighted by Gasteiger charge is -2.18. The molecule has 0 heterocycles. The Kier molecular flexibility index (Phi) is 6.45. The number of rotatable bonds is 6. The molecular weight excluding hydrogens is 144 g/mol. The van der Waals surface area contributed by atoms with Crippen LogP contribution in [0.1, 0.15) is 12.8 Å². The van der Waals surface area contributed by atoms with Gasteiger partial charge >= 0.3 is 0 Å². The zero-order valence-electron chi connectivity index (χ0n) is 7.17. The molecule has 0 saturated carbocycles. The van der Waals surface area contributed by atoms with E-state index in [0.29, 0.717) is 6.42 Å². The van der Waals surface area contributed by atoms with Crippen LogP contribution in [0, 0.1) is 6.92 Å². The summed E-state index contributed by atoms with van der Waals surface area (Å²) < 4.78 is 4.88. The number of ether oxygens (including phenoxy) is 1. The van der Waals surface area contributed by atoms with Crippen molar-refractivity contribution in [2.24, 2.45) is 5.73 Å². The molecule has 0 aromatic carbocycles. The molecule has 0 bridgehead atoms. The molecule has 0 spiro atoms. The van der Waals surface area contributed by atoms with Crippen molar-refractivity contribution in [1.29, 1.82) is 0 Å². The first-order chi connectivity index (χ1) is 5.24. The van der Waals surface area contributed by atoms with Gasteiger partial charge in [-0.2, -0.15) is 5.48 Å². The van der Waals surface area contributed by atoms with Crippen molar-refractivity contribution >= 4 is 0 Å². The number of hydroxylamine groups is 1. The van der Waals surface area contributed by atoms with E-state index >= 15 is 0 Å². The summed E-state index contributed by atoms with van der Waals surface area (Å²) in [5.41, 5.74) is 8.31. The molecule has 2 atom stereocenters. The van der Waals surface area contributed by atoms with Crippen molar-refractivity contribution in [3.8, 4) is 0 Å². The predicted molar refractivity (Wildman–Crippen MR) is 43.5 cm³/mol. The summed E-state index contributed by atoms with van der Waals surface area (Å²) in [6.07, 6.45) is 1.18. The molecule has 0 saturated heterocycles. The Hall–Kier alpha value is -0.160. The summed E-state index contributed by atoms with van der Waals surface area (Å²) in [6.45, 7) is 3.74. The summed E-state index contributed by atoms with van der Waals surface area (Å²) in [4.78, 5) is 4.74. The minimum Gasteiger partial charge on any atom is -0.367 e. The Morgan fingerprint density at radius 2 is 2.18 bits per heavy atom. The Morgan fingerprint density at radius 3 is 2.55 bits per heavy atom. The van der Waals surface area contributed by atoms with Crippen LogP contribution < -0.4 is 11.2 Å². The van der Waals surface area contributed by atoms with Crippen molar-refractivity contribution in [1.82, 2.24) is 5.48 Å². The largest absolute Gasteiger partial charge is 0.367 e. The van der Waals surface area contributed by atoms with Gasteiger partial charge in [0.05, 0.1) is 7.11 Å². The summed E-state index contributed by atoms with van der Waals surface area (Å²) >= 11 is 0. The molecule has 3 N–H and O–H groups in total. The average molecular weight is 161 g/mol. The van der Waals surface area contributed by atoms with Gasteiger partial charge in [0.2, 0.25) is 0 Å². The molecule has 0 aliphatic carbocycles. The number of methoxy groups -OCH3 is 1. The van der Waals surface area contributed by atoms with Crippen LogP contribution in [0.25, 0.3) is 0 Å². The molecule has 4 heteroatoms. The smallest absolute Gasteiger partial charge is 0.106 e.